The normalized spacial score (nSPS) is 22.5. The molecule has 1 aromatic rings. The van der Waals surface area contributed by atoms with Gasteiger partial charge < -0.3 is 14.5 Å². The summed E-state index contributed by atoms with van der Waals surface area (Å²) in [4.78, 5) is 17.3. The molecule has 0 unspecified atom stereocenters. The van der Waals surface area contributed by atoms with Crippen molar-refractivity contribution in [3.63, 3.8) is 0 Å². The van der Waals surface area contributed by atoms with Crippen LogP contribution in [0.15, 0.2) is 24.3 Å². The third kappa shape index (κ3) is 3.75. The maximum atomic E-state index is 12.7. The highest BCUT2D eigenvalue weighted by Gasteiger charge is 2.34. The van der Waals surface area contributed by atoms with E-state index in [1.807, 2.05) is 12.1 Å². The molecule has 0 radical (unpaired) electrons. The molecule has 1 aromatic carbocycles. The van der Waals surface area contributed by atoms with Gasteiger partial charge in [-0.25, -0.2) is 0 Å². The maximum absolute atomic E-state index is 12.7. The number of benzene rings is 1. The molecule has 0 aromatic heterocycles. The smallest absolute Gasteiger partial charge is 0.223 e. The summed E-state index contributed by atoms with van der Waals surface area (Å²) in [7, 11) is 1.69. The highest BCUT2D eigenvalue weighted by molar-refractivity contribution is 5.78. The van der Waals surface area contributed by atoms with E-state index in [0.717, 1.165) is 44.6 Å². The Morgan fingerprint density at radius 3 is 2.54 bits per heavy atom. The lowest BCUT2D eigenvalue weighted by atomic mass is 9.89. The predicted octanol–water partition coefficient (Wildman–Crippen LogP) is 3.48. The maximum Gasteiger partial charge on any atom is 0.223 e. The van der Waals surface area contributed by atoms with Crippen LogP contribution in [0.2, 0.25) is 0 Å². The average molecular weight is 330 g/mol. The first-order valence-corrected chi connectivity index (χ1v) is 9.26. The Balaban J connectivity index is 1.54. The summed E-state index contributed by atoms with van der Waals surface area (Å²) in [5.74, 6) is 1.75. The van der Waals surface area contributed by atoms with Crippen LogP contribution in [0.3, 0.4) is 0 Å². The molecule has 0 aliphatic carbocycles. The van der Waals surface area contributed by atoms with Crippen LogP contribution in [0.1, 0.15) is 51.1 Å². The van der Waals surface area contributed by atoms with Crippen LogP contribution in [0.25, 0.3) is 0 Å². The van der Waals surface area contributed by atoms with Crippen molar-refractivity contribution in [2.45, 2.75) is 51.6 Å². The first kappa shape index (κ1) is 17.3. The van der Waals surface area contributed by atoms with E-state index >= 15 is 0 Å². The van der Waals surface area contributed by atoms with Crippen molar-refractivity contribution < 1.29 is 9.53 Å². The molecule has 2 heterocycles. The van der Waals surface area contributed by atoms with E-state index < -0.39 is 0 Å². The van der Waals surface area contributed by atoms with Gasteiger partial charge >= 0.3 is 0 Å². The van der Waals surface area contributed by atoms with E-state index in [-0.39, 0.29) is 6.04 Å². The van der Waals surface area contributed by atoms with Crippen molar-refractivity contribution in [3.8, 4) is 5.75 Å². The minimum Gasteiger partial charge on any atom is -0.497 e. The van der Waals surface area contributed by atoms with Crippen molar-refractivity contribution in [1.82, 2.24) is 9.80 Å². The molecule has 2 fully saturated rings. The Kier molecular flexibility index (Phi) is 5.44. The number of carbonyl (C=O) groups is 1. The number of nitrogens with zero attached hydrogens (tertiary/aromatic N) is 2. The standard InChI is InChI=1S/C20H30N2O2/c1-15(2)21-10-7-16(8-11-21)13-20(23)22-12-9-19(22)17-5-4-6-18(14-17)24-3/h4-6,14-16,19H,7-13H2,1-3H3/t19-/m0/s1. The first-order valence-electron chi connectivity index (χ1n) is 9.26. The number of hydrogen-bond acceptors (Lipinski definition) is 3. The molecule has 4 nitrogen and oxygen atoms in total. The predicted molar refractivity (Wildman–Crippen MR) is 96.1 cm³/mol. The second-order valence-electron chi connectivity index (χ2n) is 7.45. The van der Waals surface area contributed by atoms with Gasteiger partial charge in [-0.2, -0.15) is 0 Å². The summed E-state index contributed by atoms with van der Waals surface area (Å²) < 4.78 is 5.31. The lowest BCUT2D eigenvalue weighted by molar-refractivity contribution is -0.140. The Morgan fingerprint density at radius 2 is 1.96 bits per heavy atom. The van der Waals surface area contributed by atoms with Gasteiger partial charge in [0.05, 0.1) is 13.2 Å². The second kappa shape index (κ2) is 7.56. The summed E-state index contributed by atoms with van der Waals surface area (Å²) in [5.41, 5.74) is 1.20. The van der Waals surface area contributed by atoms with Gasteiger partial charge in [0, 0.05) is 19.0 Å². The van der Waals surface area contributed by atoms with Crippen LogP contribution in [0.5, 0.6) is 5.75 Å². The molecular weight excluding hydrogens is 300 g/mol. The summed E-state index contributed by atoms with van der Waals surface area (Å²) in [6.45, 7) is 7.67. The molecule has 1 atom stereocenters. The minimum absolute atomic E-state index is 0.239. The van der Waals surface area contributed by atoms with Gasteiger partial charge in [0.15, 0.2) is 0 Å². The number of carbonyl (C=O) groups excluding carboxylic acids is 1. The highest BCUT2D eigenvalue weighted by Crippen LogP contribution is 2.36. The van der Waals surface area contributed by atoms with E-state index in [4.69, 9.17) is 4.74 Å². The zero-order valence-electron chi connectivity index (χ0n) is 15.2. The van der Waals surface area contributed by atoms with E-state index in [2.05, 4.69) is 35.8 Å². The van der Waals surface area contributed by atoms with Crippen molar-refractivity contribution in [1.29, 1.82) is 0 Å². The molecule has 0 saturated carbocycles. The van der Waals surface area contributed by atoms with Crippen molar-refractivity contribution in [3.05, 3.63) is 29.8 Å². The van der Waals surface area contributed by atoms with Crippen LogP contribution < -0.4 is 4.74 Å². The number of ether oxygens (including phenoxy) is 1. The monoisotopic (exact) mass is 330 g/mol. The molecule has 132 valence electrons. The average Bonchev–Trinajstić information content (AvgIpc) is 2.54. The SMILES string of the molecule is COc1cccc([C@@H]2CCN2C(=O)CC2CCN(C(C)C)CC2)c1. The van der Waals surface area contributed by atoms with Crippen LogP contribution in [0, 0.1) is 5.92 Å². The van der Waals surface area contributed by atoms with E-state index in [0.29, 0.717) is 24.3 Å². The van der Waals surface area contributed by atoms with Crippen LogP contribution in [-0.2, 0) is 4.79 Å². The lowest BCUT2D eigenvalue weighted by Crippen LogP contribution is -2.46. The third-order valence-electron chi connectivity index (χ3n) is 5.66. The van der Waals surface area contributed by atoms with E-state index in [9.17, 15) is 4.79 Å². The van der Waals surface area contributed by atoms with Crippen molar-refractivity contribution >= 4 is 5.91 Å². The number of likely N-dealkylation sites (tertiary alicyclic amines) is 2. The third-order valence-corrected chi connectivity index (χ3v) is 5.66. The number of piperidine rings is 1. The Bertz CT molecular complexity index is 565. The summed E-state index contributed by atoms with van der Waals surface area (Å²) in [6.07, 6.45) is 4.08. The van der Waals surface area contributed by atoms with Gasteiger partial charge in [-0.3, -0.25) is 4.79 Å². The highest BCUT2D eigenvalue weighted by atomic mass is 16.5. The number of rotatable bonds is 5. The molecule has 0 bridgehead atoms. The summed E-state index contributed by atoms with van der Waals surface area (Å²) in [6, 6.07) is 8.99. The van der Waals surface area contributed by atoms with Gasteiger partial charge in [-0.15, -0.1) is 0 Å². The lowest BCUT2D eigenvalue weighted by Gasteiger charge is -2.43. The summed E-state index contributed by atoms with van der Waals surface area (Å²) in [5, 5.41) is 0. The molecule has 2 aliphatic heterocycles. The van der Waals surface area contributed by atoms with E-state index in [1.165, 1.54) is 5.56 Å². The van der Waals surface area contributed by atoms with Gasteiger partial charge in [-0.1, -0.05) is 12.1 Å². The first-order chi connectivity index (χ1) is 11.6. The van der Waals surface area contributed by atoms with Gasteiger partial charge in [0.25, 0.3) is 0 Å². The second-order valence-corrected chi connectivity index (χ2v) is 7.45. The van der Waals surface area contributed by atoms with Crippen LogP contribution in [-0.4, -0.2) is 48.5 Å². The molecule has 24 heavy (non-hydrogen) atoms. The van der Waals surface area contributed by atoms with Gasteiger partial charge in [0.1, 0.15) is 5.75 Å². The molecule has 1 amide bonds. The Hall–Kier alpha value is -1.55. The fourth-order valence-electron chi connectivity index (χ4n) is 3.92. The minimum atomic E-state index is 0.239. The molecule has 2 saturated heterocycles. The Morgan fingerprint density at radius 1 is 1.21 bits per heavy atom. The molecule has 2 aliphatic rings. The molecule has 0 N–H and O–H groups in total. The van der Waals surface area contributed by atoms with Crippen molar-refractivity contribution in [2.75, 3.05) is 26.7 Å². The van der Waals surface area contributed by atoms with Crippen LogP contribution in [0.4, 0.5) is 0 Å². The van der Waals surface area contributed by atoms with Gasteiger partial charge in [-0.05, 0) is 69.8 Å². The topological polar surface area (TPSA) is 32.8 Å². The summed E-state index contributed by atoms with van der Waals surface area (Å²) >= 11 is 0. The molecular formula is C20H30N2O2. The van der Waals surface area contributed by atoms with Crippen LogP contribution >= 0.6 is 0 Å². The molecule has 4 heteroatoms. The van der Waals surface area contributed by atoms with E-state index in [1.54, 1.807) is 7.11 Å². The molecule has 0 spiro atoms. The van der Waals surface area contributed by atoms with Gasteiger partial charge in [0.2, 0.25) is 5.91 Å². The number of hydrogen-bond donors (Lipinski definition) is 0. The number of methoxy groups -OCH3 is 1. The Labute approximate surface area is 145 Å². The largest absolute Gasteiger partial charge is 0.497 e. The fourth-order valence-corrected chi connectivity index (χ4v) is 3.92. The zero-order valence-corrected chi connectivity index (χ0v) is 15.2. The molecule has 3 rings (SSSR count). The van der Waals surface area contributed by atoms with Crippen molar-refractivity contribution in [2.24, 2.45) is 5.92 Å². The zero-order chi connectivity index (χ0) is 17.1. The number of amides is 1. The fraction of sp³-hybridized carbons (Fsp3) is 0.650. The quantitative estimate of drug-likeness (QED) is 0.828.